The molecule has 0 saturated carbocycles. The fourth-order valence-corrected chi connectivity index (χ4v) is 4.20. The molecule has 7 heteroatoms. The number of carbonyl (C=O) groups excluding carboxylic acids is 1. The maximum Gasteiger partial charge on any atom is 0.246 e. The molecule has 1 amide bonds. The molecule has 162 valence electrons. The predicted molar refractivity (Wildman–Crippen MR) is 126 cm³/mol. The summed E-state index contributed by atoms with van der Waals surface area (Å²) in [6.07, 6.45) is 9.14. The van der Waals surface area contributed by atoms with Gasteiger partial charge in [0.05, 0.1) is 18.8 Å². The predicted octanol–water partition coefficient (Wildman–Crippen LogP) is 3.55. The maximum absolute atomic E-state index is 12.8. The topological polar surface area (TPSA) is 70.1 Å². The molecule has 4 heterocycles. The van der Waals surface area contributed by atoms with Crippen LogP contribution in [0.3, 0.4) is 0 Å². The number of hydrogen-bond donors (Lipinski definition) is 1. The molecule has 1 N–H and O–H groups in total. The molecule has 0 unspecified atom stereocenters. The highest BCUT2D eigenvalue weighted by Crippen LogP contribution is 2.37. The first-order chi connectivity index (χ1) is 15.6. The van der Waals surface area contributed by atoms with Gasteiger partial charge in [-0.15, -0.1) is 0 Å². The van der Waals surface area contributed by atoms with E-state index in [1.807, 2.05) is 48.3 Å². The third kappa shape index (κ3) is 3.83. The van der Waals surface area contributed by atoms with Gasteiger partial charge in [-0.05, 0) is 50.0 Å². The fraction of sp³-hybridized carbons (Fsp3) is 0.240. The second-order valence-electron chi connectivity index (χ2n) is 8.33. The zero-order chi connectivity index (χ0) is 22.1. The Balaban J connectivity index is 1.55. The Bertz CT molecular complexity index is 1280. The van der Waals surface area contributed by atoms with Crippen molar-refractivity contribution in [3.8, 4) is 22.4 Å². The van der Waals surface area contributed by atoms with E-state index in [0.717, 1.165) is 45.5 Å². The van der Waals surface area contributed by atoms with E-state index in [1.165, 1.54) is 0 Å². The second-order valence-corrected chi connectivity index (χ2v) is 8.33. The van der Waals surface area contributed by atoms with Gasteiger partial charge in [0.1, 0.15) is 5.69 Å². The first-order valence-electron chi connectivity index (χ1n) is 10.8. The van der Waals surface area contributed by atoms with Crippen molar-refractivity contribution in [1.82, 2.24) is 29.5 Å². The third-order valence-corrected chi connectivity index (χ3v) is 5.82. The number of nitrogens with zero attached hydrogens (tertiary/aromatic N) is 5. The van der Waals surface area contributed by atoms with Crippen LogP contribution in [0.4, 0.5) is 0 Å². The number of likely N-dealkylation sites (N-methyl/N-ethyl adjacent to an activating group) is 1. The Kier molecular flexibility index (Phi) is 5.33. The molecule has 0 radical (unpaired) electrons. The molecule has 0 fully saturated rings. The molecule has 5 rings (SSSR count). The summed E-state index contributed by atoms with van der Waals surface area (Å²) in [6, 6.07) is 12.4. The normalized spacial score (nSPS) is 13.9. The number of aromatic amines is 1. The van der Waals surface area contributed by atoms with Gasteiger partial charge in [-0.2, -0.15) is 5.10 Å². The summed E-state index contributed by atoms with van der Waals surface area (Å²) in [5.41, 5.74) is 6.28. The maximum atomic E-state index is 12.8. The average molecular weight is 427 g/mol. The first kappa shape index (κ1) is 20.2. The van der Waals surface area contributed by atoms with Gasteiger partial charge in [-0.1, -0.05) is 12.1 Å². The van der Waals surface area contributed by atoms with E-state index >= 15 is 0 Å². The minimum absolute atomic E-state index is 0.0373. The van der Waals surface area contributed by atoms with Crippen molar-refractivity contribution in [3.63, 3.8) is 0 Å². The van der Waals surface area contributed by atoms with Crippen LogP contribution in [0.15, 0.2) is 67.1 Å². The summed E-state index contributed by atoms with van der Waals surface area (Å²) >= 11 is 0. The summed E-state index contributed by atoms with van der Waals surface area (Å²) in [5, 5.41) is 6.14. The van der Waals surface area contributed by atoms with Crippen LogP contribution in [0.5, 0.6) is 0 Å². The van der Waals surface area contributed by atoms with E-state index in [2.05, 4.69) is 38.9 Å². The van der Waals surface area contributed by atoms with Crippen molar-refractivity contribution in [3.05, 3.63) is 72.8 Å². The molecule has 0 saturated heterocycles. The number of rotatable bonds is 5. The highest BCUT2D eigenvalue weighted by molar-refractivity contribution is 5.90. The number of benzene rings is 1. The highest BCUT2D eigenvalue weighted by Gasteiger charge is 2.27. The number of hydrogen-bond acceptors (Lipinski definition) is 4. The van der Waals surface area contributed by atoms with E-state index in [1.54, 1.807) is 18.5 Å². The standard InChI is InChI=1S/C25H26N6O/c1-29(2)13-3-4-23(32)30-14-15-31-22(17-30)24(18-7-10-26-11-8-18)25(28-31)20-5-6-21-19(16-20)9-12-27-21/h3-12,16,27H,13-15,17H2,1-2H3/b4-3+. The van der Waals surface area contributed by atoms with Crippen LogP contribution in [0, 0.1) is 0 Å². The Morgan fingerprint density at radius 1 is 1.12 bits per heavy atom. The molecule has 7 nitrogen and oxygen atoms in total. The first-order valence-corrected chi connectivity index (χ1v) is 10.8. The summed E-state index contributed by atoms with van der Waals surface area (Å²) in [7, 11) is 3.98. The number of amides is 1. The summed E-state index contributed by atoms with van der Waals surface area (Å²) in [6.45, 7) is 2.59. The van der Waals surface area contributed by atoms with Crippen molar-refractivity contribution in [2.75, 3.05) is 27.2 Å². The fourth-order valence-electron chi connectivity index (χ4n) is 4.20. The lowest BCUT2D eigenvalue weighted by Crippen LogP contribution is -2.37. The SMILES string of the molecule is CN(C)C/C=C/C(=O)N1CCn2nc(-c3ccc4[nH]ccc4c3)c(-c3ccncc3)c2C1. The van der Waals surface area contributed by atoms with Gasteiger partial charge in [0.25, 0.3) is 0 Å². The van der Waals surface area contributed by atoms with Crippen molar-refractivity contribution in [2.45, 2.75) is 13.1 Å². The quantitative estimate of drug-likeness (QED) is 0.496. The van der Waals surface area contributed by atoms with Crippen LogP contribution in [0.1, 0.15) is 5.69 Å². The summed E-state index contributed by atoms with van der Waals surface area (Å²) in [4.78, 5) is 24.2. The molecule has 1 aliphatic heterocycles. The van der Waals surface area contributed by atoms with Gasteiger partial charge in [0.2, 0.25) is 5.91 Å². The van der Waals surface area contributed by atoms with Gasteiger partial charge >= 0.3 is 0 Å². The molecule has 3 aromatic heterocycles. The van der Waals surface area contributed by atoms with E-state index in [0.29, 0.717) is 19.6 Å². The number of nitrogens with one attached hydrogen (secondary N) is 1. The zero-order valence-corrected chi connectivity index (χ0v) is 18.3. The minimum atomic E-state index is 0.0373. The zero-order valence-electron chi connectivity index (χ0n) is 18.3. The Hall–Kier alpha value is -3.71. The van der Waals surface area contributed by atoms with Crippen LogP contribution >= 0.6 is 0 Å². The number of fused-ring (bicyclic) bond motifs is 2. The lowest BCUT2D eigenvalue weighted by Gasteiger charge is -2.27. The van der Waals surface area contributed by atoms with E-state index in [-0.39, 0.29) is 5.91 Å². The van der Waals surface area contributed by atoms with Crippen molar-refractivity contribution < 1.29 is 4.79 Å². The van der Waals surface area contributed by atoms with Crippen molar-refractivity contribution in [1.29, 1.82) is 0 Å². The largest absolute Gasteiger partial charge is 0.361 e. The van der Waals surface area contributed by atoms with Crippen molar-refractivity contribution in [2.24, 2.45) is 0 Å². The van der Waals surface area contributed by atoms with Gasteiger partial charge in [0, 0.05) is 59.8 Å². The smallest absolute Gasteiger partial charge is 0.246 e. The summed E-state index contributed by atoms with van der Waals surface area (Å²) < 4.78 is 2.06. The van der Waals surface area contributed by atoms with Gasteiger partial charge in [-0.3, -0.25) is 14.5 Å². The molecule has 0 aliphatic carbocycles. The molecule has 1 aliphatic rings. The molecule has 0 spiro atoms. The van der Waals surface area contributed by atoms with Crippen LogP contribution in [0.25, 0.3) is 33.3 Å². The Morgan fingerprint density at radius 3 is 2.78 bits per heavy atom. The van der Waals surface area contributed by atoms with E-state index in [9.17, 15) is 4.79 Å². The van der Waals surface area contributed by atoms with E-state index < -0.39 is 0 Å². The molecular weight excluding hydrogens is 400 g/mol. The van der Waals surface area contributed by atoms with Crippen LogP contribution in [0.2, 0.25) is 0 Å². The molecule has 0 atom stereocenters. The lowest BCUT2D eigenvalue weighted by atomic mass is 9.98. The molecule has 1 aromatic carbocycles. The highest BCUT2D eigenvalue weighted by atomic mass is 16.2. The number of aromatic nitrogens is 4. The Labute approximate surface area is 187 Å². The van der Waals surface area contributed by atoms with Gasteiger partial charge in [0.15, 0.2) is 0 Å². The van der Waals surface area contributed by atoms with Crippen LogP contribution in [-0.4, -0.2) is 62.6 Å². The monoisotopic (exact) mass is 426 g/mol. The van der Waals surface area contributed by atoms with E-state index in [4.69, 9.17) is 5.10 Å². The third-order valence-electron chi connectivity index (χ3n) is 5.82. The molecule has 32 heavy (non-hydrogen) atoms. The number of pyridine rings is 1. The lowest BCUT2D eigenvalue weighted by molar-refractivity contribution is -0.127. The minimum Gasteiger partial charge on any atom is -0.361 e. The van der Waals surface area contributed by atoms with Crippen LogP contribution < -0.4 is 0 Å². The average Bonchev–Trinajstić information content (AvgIpc) is 3.42. The summed E-state index contributed by atoms with van der Waals surface area (Å²) in [5.74, 6) is 0.0373. The number of H-pyrrole nitrogens is 1. The second kappa shape index (κ2) is 8.43. The van der Waals surface area contributed by atoms with Gasteiger partial charge in [-0.25, -0.2) is 0 Å². The van der Waals surface area contributed by atoms with Gasteiger partial charge < -0.3 is 14.8 Å². The molecule has 0 bridgehead atoms. The Morgan fingerprint density at radius 2 is 1.97 bits per heavy atom. The number of carbonyl (C=O) groups is 1. The van der Waals surface area contributed by atoms with Crippen LogP contribution in [-0.2, 0) is 17.9 Å². The molecular formula is C25H26N6O. The van der Waals surface area contributed by atoms with Crippen molar-refractivity contribution >= 4 is 16.8 Å². The molecule has 4 aromatic rings.